The van der Waals surface area contributed by atoms with Crippen LogP contribution in [0.4, 0.5) is 0 Å². The van der Waals surface area contributed by atoms with Gasteiger partial charge in [-0.05, 0) is 24.6 Å². The van der Waals surface area contributed by atoms with E-state index in [-0.39, 0.29) is 6.54 Å². The Morgan fingerprint density at radius 1 is 1.23 bits per heavy atom. The van der Waals surface area contributed by atoms with Crippen molar-refractivity contribution in [3.05, 3.63) is 35.9 Å². The predicted molar refractivity (Wildman–Crippen MR) is 98.3 cm³/mol. The summed E-state index contributed by atoms with van der Waals surface area (Å²) in [5.41, 5.74) is 0.692. The first-order valence-corrected chi connectivity index (χ1v) is 8.33. The number of benzene rings is 1. The average molecular weight is 362 g/mol. The number of aliphatic imine (C=N–C) groups is 1. The Balaban J connectivity index is 2.02. The van der Waals surface area contributed by atoms with E-state index in [2.05, 4.69) is 25.7 Å². The molecule has 1 unspecified atom stereocenters. The molecule has 2 aromatic rings. The molecule has 0 aliphatic rings. The fraction of sp³-hybridized carbons (Fsp3) is 0.471. The molecular weight excluding hydrogens is 336 g/mol. The molecule has 0 saturated heterocycles. The number of hydrogen-bond donors (Lipinski definition) is 3. The number of aryl methyl sites for hydroxylation is 1. The minimum Gasteiger partial charge on any atom is -0.497 e. The maximum atomic E-state index is 10.5. The van der Waals surface area contributed by atoms with Crippen LogP contribution in [0.1, 0.15) is 24.4 Å². The first-order valence-electron chi connectivity index (χ1n) is 8.33. The fourth-order valence-corrected chi connectivity index (χ4v) is 2.29. The second-order valence-corrected chi connectivity index (χ2v) is 5.54. The largest absolute Gasteiger partial charge is 0.497 e. The summed E-state index contributed by atoms with van der Waals surface area (Å²) in [6.45, 7) is 3.34. The summed E-state index contributed by atoms with van der Waals surface area (Å²) < 4.78 is 12.2. The van der Waals surface area contributed by atoms with Crippen molar-refractivity contribution in [2.24, 2.45) is 12.0 Å². The Morgan fingerprint density at radius 2 is 1.92 bits per heavy atom. The number of methoxy groups -OCH3 is 2. The van der Waals surface area contributed by atoms with Gasteiger partial charge in [-0.3, -0.25) is 4.68 Å². The molecule has 1 atom stereocenters. The van der Waals surface area contributed by atoms with Crippen molar-refractivity contribution < 1.29 is 14.6 Å². The minimum atomic E-state index is -0.752. The van der Waals surface area contributed by atoms with Crippen LogP contribution in [0.25, 0.3) is 0 Å². The molecule has 9 nitrogen and oxygen atoms in total. The molecule has 0 aliphatic carbocycles. The Kier molecular flexibility index (Phi) is 7.22. The highest BCUT2D eigenvalue weighted by Crippen LogP contribution is 2.26. The quantitative estimate of drug-likeness (QED) is 0.467. The lowest BCUT2D eigenvalue weighted by atomic mass is 10.1. The van der Waals surface area contributed by atoms with Crippen LogP contribution >= 0.6 is 0 Å². The van der Waals surface area contributed by atoms with Gasteiger partial charge in [0.05, 0.1) is 20.3 Å². The molecule has 0 saturated carbocycles. The SMILES string of the molecule is CCNC(=NCc1ncnn1C)NCC(O)c1cc(OC)cc(OC)c1. The van der Waals surface area contributed by atoms with Gasteiger partial charge in [0, 0.05) is 26.2 Å². The van der Waals surface area contributed by atoms with Crippen molar-refractivity contribution in [1.82, 2.24) is 25.4 Å². The number of hydrogen-bond acceptors (Lipinski definition) is 6. The lowest BCUT2D eigenvalue weighted by molar-refractivity contribution is 0.180. The molecule has 2 rings (SSSR count). The summed E-state index contributed by atoms with van der Waals surface area (Å²) >= 11 is 0. The third kappa shape index (κ3) is 5.35. The zero-order valence-corrected chi connectivity index (χ0v) is 15.6. The van der Waals surface area contributed by atoms with Gasteiger partial charge in [0.2, 0.25) is 0 Å². The van der Waals surface area contributed by atoms with Crippen LogP contribution in [-0.4, -0.2) is 53.1 Å². The zero-order valence-electron chi connectivity index (χ0n) is 15.6. The molecule has 0 fully saturated rings. The molecule has 0 amide bonds. The summed E-state index contributed by atoms with van der Waals surface area (Å²) in [6, 6.07) is 5.31. The summed E-state index contributed by atoms with van der Waals surface area (Å²) in [5, 5.41) is 20.8. The number of nitrogens with one attached hydrogen (secondary N) is 2. The molecular formula is C17H26N6O3. The van der Waals surface area contributed by atoms with Crippen molar-refractivity contribution in [3.8, 4) is 11.5 Å². The van der Waals surface area contributed by atoms with E-state index in [1.165, 1.54) is 6.33 Å². The van der Waals surface area contributed by atoms with Crippen LogP contribution in [0.3, 0.4) is 0 Å². The standard InChI is InChI=1S/C17H26N6O3/c1-5-18-17(20-10-16-21-11-22-23(16)2)19-9-15(24)12-6-13(25-3)8-14(7-12)26-4/h6-8,11,15,24H,5,9-10H2,1-4H3,(H2,18,19,20). The Labute approximate surface area is 153 Å². The highest BCUT2D eigenvalue weighted by molar-refractivity contribution is 5.79. The third-order valence-electron chi connectivity index (χ3n) is 3.75. The van der Waals surface area contributed by atoms with Gasteiger partial charge in [0.1, 0.15) is 30.2 Å². The molecule has 0 radical (unpaired) electrons. The van der Waals surface area contributed by atoms with E-state index in [4.69, 9.17) is 9.47 Å². The lowest BCUT2D eigenvalue weighted by Crippen LogP contribution is -2.39. The first-order chi connectivity index (χ1) is 12.6. The Bertz CT molecular complexity index is 709. The molecule has 1 aromatic heterocycles. The maximum absolute atomic E-state index is 10.5. The number of rotatable bonds is 8. The van der Waals surface area contributed by atoms with Gasteiger partial charge in [0.25, 0.3) is 0 Å². The molecule has 26 heavy (non-hydrogen) atoms. The van der Waals surface area contributed by atoms with E-state index in [1.54, 1.807) is 37.1 Å². The van der Waals surface area contributed by atoms with Crippen molar-refractivity contribution in [2.75, 3.05) is 27.3 Å². The van der Waals surface area contributed by atoms with Gasteiger partial charge in [-0.2, -0.15) is 5.10 Å². The number of aromatic nitrogens is 3. The first kappa shape index (κ1) is 19.5. The molecule has 1 heterocycles. The van der Waals surface area contributed by atoms with Crippen molar-refractivity contribution in [3.63, 3.8) is 0 Å². The monoisotopic (exact) mass is 362 g/mol. The van der Waals surface area contributed by atoms with Gasteiger partial charge in [0.15, 0.2) is 5.96 Å². The van der Waals surface area contributed by atoms with Crippen LogP contribution in [0.2, 0.25) is 0 Å². The van der Waals surface area contributed by atoms with Crippen LogP contribution in [0.15, 0.2) is 29.5 Å². The number of aliphatic hydroxyl groups excluding tert-OH is 1. The average Bonchev–Trinajstić information content (AvgIpc) is 3.08. The topological polar surface area (TPSA) is 106 Å². The molecule has 3 N–H and O–H groups in total. The van der Waals surface area contributed by atoms with E-state index in [0.717, 1.165) is 5.82 Å². The van der Waals surface area contributed by atoms with E-state index in [0.29, 0.717) is 36.1 Å². The molecule has 142 valence electrons. The molecule has 9 heteroatoms. The summed E-state index contributed by atoms with van der Waals surface area (Å²) in [5.74, 6) is 2.59. The van der Waals surface area contributed by atoms with Crippen LogP contribution in [0, 0.1) is 0 Å². The lowest BCUT2D eigenvalue weighted by Gasteiger charge is -2.17. The number of guanidine groups is 1. The second kappa shape index (κ2) is 9.62. The summed E-state index contributed by atoms with van der Waals surface area (Å²) in [4.78, 5) is 8.60. The zero-order chi connectivity index (χ0) is 18.9. The van der Waals surface area contributed by atoms with Gasteiger partial charge >= 0.3 is 0 Å². The fourth-order valence-electron chi connectivity index (χ4n) is 2.29. The van der Waals surface area contributed by atoms with E-state index in [9.17, 15) is 5.11 Å². The molecule has 0 bridgehead atoms. The second-order valence-electron chi connectivity index (χ2n) is 5.54. The maximum Gasteiger partial charge on any atom is 0.191 e. The highest BCUT2D eigenvalue weighted by Gasteiger charge is 2.12. The van der Waals surface area contributed by atoms with E-state index < -0.39 is 6.10 Å². The predicted octanol–water partition coefficient (Wildman–Crippen LogP) is 0.621. The Hall–Kier alpha value is -2.81. The number of ether oxygens (including phenoxy) is 2. The summed E-state index contributed by atoms with van der Waals surface area (Å²) in [6.07, 6.45) is 0.739. The smallest absolute Gasteiger partial charge is 0.191 e. The van der Waals surface area contributed by atoms with Gasteiger partial charge in [-0.25, -0.2) is 9.98 Å². The summed E-state index contributed by atoms with van der Waals surface area (Å²) in [7, 11) is 4.97. The van der Waals surface area contributed by atoms with Gasteiger partial charge < -0.3 is 25.2 Å². The molecule has 1 aromatic carbocycles. The van der Waals surface area contributed by atoms with Crippen LogP contribution in [-0.2, 0) is 13.6 Å². The normalized spacial score (nSPS) is 12.6. The number of aliphatic hydroxyl groups is 1. The van der Waals surface area contributed by atoms with Gasteiger partial charge in [-0.15, -0.1) is 0 Å². The van der Waals surface area contributed by atoms with Crippen LogP contribution in [0.5, 0.6) is 11.5 Å². The molecule has 0 spiro atoms. The van der Waals surface area contributed by atoms with E-state index in [1.807, 2.05) is 14.0 Å². The number of nitrogens with zero attached hydrogens (tertiary/aromatic N) is 4. The van der Waals surface area contributed by atoms with Crippen molar-refractivity contribution >= 4 is 5.96 Å². The van der Waals surface area contributed by atoms with E-state index >= 15 is 0 Å². The molecule has 0 aliphatic heterocycles. The van der Waals surface area contributed by atoms with Crippen molar-refractivity contribution in [2.45, 2.75) is 19.6 Å². The van der Waals surface area contributed by atoms with Crippen LogP contribution < -0.4 is 20.1 Å². The van der Waals surface area contributed by atoms with Crippen molar-refractivity contribution in [1.29, 1.82) is 0 Å². The highest BCUT2D eigenvalue weighted by atomic mass is 16.5. The third-order valence-corrected chi connectivity index (χ3v) is 3.75. The Morgan fingerprint density at radius 3 is 2.46 bits per heavy atom. The minimum absolute atomic E-state index is 0.279. The van der Waals surface area contributed by atoms with Gasteiger partial charge in [-0.1, -0.05) is 0 Å².